The van der Waals surface area contributed by atoms with Gasteiger partial charge in [0.2, 0.25) is 0 Å². The minimum absolute atomic E-state index is 0.175. The molecule has 0 fully saturated rings. The highest BCUT2D eigenvalue weighted by Gasteiger charge is 2.38. The van der Waals surface area contributed by atoms with Crippen LogP contribution >= 0.6 is 0 Å². The van der Waals surface area contributed by atoms with Crippen LogP contribution in [0.5, 0.6) is 0 Å². The maximum absolute atomic E-state index is 13.2. The van der Waals surface area contributed by atoms with Gasteiger partial charge in [0, 0.05) is 0 Å². The fourth-order valence-corrected chi connectivity index (χ4v) is 2.00. The zero-order chi connectivity index (χ0) is 14.4. The summed E-state index contributed by atoms with van der Waals surface area (Å²) in [5.41, 5.74) is 5.26. The molecule has 2 heterocycles. The molecule has 0 bridgehead atoms. The third-order valence-electron chi connectivity index (χ3n) is 2.96. The quantitative estimate of drug-likeness (QED) is 0.804. The van der Waals surface area contributed by atoms with Crippen molar-refractivity contribution in [2.24, 2.45) is 0 Å². The van der Waals surface area contributed by atoms with Crippen LogP contribution in [-0.4, -0.2) is 16.8 Å². The van der Waals surface area contributed by atoms with Crippen LogP contribution < -0.4 is 10.6 Å². The van der Waals surface area contributed by atoms with Crippen molar-refractivity contribution in [3.8, 4) is 0 Å². The van der Waals surface area contributed by atoms with Gasteiger partial charge >= 0.3 is 0 Å². The number of rotatable bonds is 1. The standard InChI is InChI=1S/C13H7F2N3O2/c14-9-3-7-8(4-10(9)15)13(20)18(12(7)19)6-1-2-11(16)17-5-6/h1-5H,(H2,16,17). The van der Waals surface area contributed by atoms with Gasteiger partial charge in [-0.25, -0.2) is 18.7 Å². The highest BCUT2D eigenvalue weighted by atomic mass is 19.2. The van der Waals surface area contributed by atoms with Crippen molar-refractivity contribution >= 4 is 23.3 Å². The Morgan fingerprint density at radius 2 is 1.55 bits per heavy atom. The molecule has 0 atom stereocenters. The fourth-order valence-electron chi connectivity index (χ4n) is 2.00. The molecule has 1 aliphatic rings. The number of benzene rings is 1. The number of pyridine rings is 1. The van der Waals surface area contributed by atoms with Gasteiger partial charge in [-0.3, -0.25) is 9.59 Å². The Labute approximate surface area is 111 Å². The molecule has 2 amide bonds. The molecule has 2 N–H and O–H groups in total. The van der Waals surface area contributed by atoms with Gasteiger partial charge in [0.25, 0.3) is 11.8 Å². The van der Waals surface area contributed by atoms with E-state index < -0.39 is 23.4 Å². The van der Waals surface area contributed by atoms with E-state index in [1.54, 1.807) is 0 Å². The lowest BCUT2D eigenvalue weighted by molar-refractivity contribution is 0.0926. The summed E-state index contributed by atoms with van der Waals surface area (Å²) >= 11 is 0. The number of hydrogen-bond donors (Lipinski definition) is 1. The molecule has 5 nitrogen and oxygen atoms in total. The summed E-state index contributed by atoms with van der Waals surface area (Å²) in [6.45, 7) is 0. The van der Waals surface area contributed by atoms with Crippen LogP contribution in [-0.2, 0) is 0 Å². The topological polar surface area (TPSA) is 76.3 Å². The molecule has 0 saturated carbocycles. The van der Waals surface area contributed by atoms with Crippen LogP contribution in [0.3, 0.4) is 0 Å². The van der Waals surface area contributed by atoms with Gasteiger partial charge in [0.15, 0.2) is 11.6 Å². The van der Waals surface area contributed by atoms with Crippen LogP contribution in [0.25, 0.3) is 0 Å². The average molecular weight is 275 g/mol. The zero-order valence-corrected chi connectivity index (χ0v) is 9.93. The van der Waals surface area contributed by atoms with Crippen molar-refractivity contribution in [1.82, 2.24) is 4.98 Å². The first-order chi connectivity index (χ1) is 9.49. The van der Waals surface area contributed by atoms with Gasteiger partial charge in [0.05, 0.1) is 23.0 Å². The molecular weight excluding hydrogens is 268 g/mol. The lowest BCUT2D eigenvalue weighted by atomic mass is 10.1. The number of anilines is 2. The number of carbonyl (C=O) groups is 2. The van der Waals surface area contributed by atoms with Crippen molar-refractivity contribution in [1.29, 1.82) is 0 Å². The molecule has 1 aromatic carbocycles. The van der Waals surface area contributed by atoms with Crippen molar-refractivity contribution in [2.75, 3.05) is 10.6 Å². The third-order valence-corrected chi connectivity index (χ3v) is 2.96. The van der Waals surface area contributed by atoms with Crippen LogP contribution in [0.15, 0.2) is 30.5 Å². The van der Waals surface area contributed by atoms with E-state index in [0.29, 0.717) is 0 Å². The number of nitrogens with zero attached hydrogens (tertiary/aromatic N) is 2. The van der Waals surface area contributed by atoms with Gasteiger partial charge in [0.1, 0.15) is 5.82 Å². The summed E-state index contributed by atoms with van der Waals surface area (Å²) in [4.78, 5) is 28.8. The Bertz CT molecular complexity index is 703. The molecule has 1 aromatic heterocycles. The summed E-state index contributed by atoms with van der Waals surface area (Å²) < 4.78 is 26.3. The van der Waals surface area contributed by atoms with Crippen molar-refractivity contribution in [3.05, 3.63) is 53.2 Å². The Hall–Kier alpha value is -2.83. The number of hydrogen-bond acceptors (Lipinski definition) is 4. The monoisotopic (exact) mass is 275 g/mol. The molecule has 2 aromatic rings. The van der Waals surface area contributed by atoms with Crippen molar-refractivity contribution < 1.29 is 18.4 Å². The second kappa shape index (κ2) is 4.09. The lowest BCUT2D eigenvalue weighted by Crippen LogP contribution is -2.29. The number of nitrogen functional groups attached to an aromatic ring is 1. The molecule has 1 aliphatic heterocycles. The van der Waals surface area contributed by atoms with Gasteiger partial charge < -0.3 is 5.73 Å². The predicted octanol–water partition coefficient (Wildman–Crippen LogP) is 1.74. The van der Waals surface area contributed by atoms with Crippen molar-refractivity contribution in [2.45, 2.75) is 0 Å². The maximum Gasteiger partial charge on any atom is 0.266 e. The zero-order valence-electron chi connectivity index (χ0n) is 9.93. The number of carbonyl (C=O) groups excluding carboxylic acids is 2. The van der Waals surface area contributed by atoms with E-state index >= 15 is 0 Å². The minimum Gasteiger partial charge on any atom is -0.384 e. The van der Waals surface area contributed by atoms with Gasteiger partial charge in [-0.2, -0.15) is 0 Å². The summed E-state index contributed by atoms with van der Waals surface area (Å²) in [6.07, 6.45) is 1.24. The van der Waals surface area contributed by atoms with E-state index in [1.807, 2.05) is 0 Å². The lowest BCUT2D eigenvalue weighted by Gasteiger charge is -2.13. The Balaban J connectivity index is 2.12. The first-order valence-corrected chi connectivity index (χ1v) is 5.58. The van der Waals surface area contributed by atoms with E-state index in [0.717, 1.165) is 17.0 Å². The number of halogens is 2. The second-order valence-electron chi connectivity index (χ2n) is 4.20. The number of amides is 2. The molecule has 0 aliphatic carbocycles. The Kier molecular flexibility index (Phi) is 2.50. The number of fused-ring (bicyclic) bond motifs is 1. The average Bonchev–Trinajstić information content (AvgIpc) is 2.65. The SMILES string of the molecule is Nc1ccc(N2C(=O)c3cc(F)c(F)cc3C2=O)cn1. The molecule has 7 heteroatoms. The largest absolute Gasteiger partial charge is 0.384 e. The van der Waals surface area contributed by atoms with Gasteiger partial charge in [-0.1, -0.05) is 0 Å². The molecule has 0 saturated heterocycles. The van der Waals surface area contributed by atoms with Crippen LogP contribution in [0.2, 0.25) is 0 Å². The first kappa shape index (κ1) is 12.2. The number of nitrogens with two attached hydrogens (primary N) is 1. The summed E-state index contributed by atoms with van der Waals surface area (Å²) in [5, 5.41) is 0. The van der Waals surface area contributed by atoms with Crippen LogP contribution in [0.1, 0.15) is 20.7 Å². The molecule has 0 spiro atoms. The molecule has 0 radical (unpaired) electrons. The first-order valence-electron chi connectivity index (χ1n) is 5.58. The number of aromatic nitrogens is 1. The van der Waals surface area contributed by atoms with E-state index in [9.17, 15) is 18.4 Å². The van der Waals surface area contributed by atoms with Crippen molar-refractivity contribution in [3.63, 3.8) is 0 Å². The Morgan fingerprint density at radius 1 is 1.00 bits per heavy atom. The second-order valence-corrected chi connectivity index (χ2v) is 4.20. The Morgan fingerprint density at radius 3 is 2.00 bits per heavy atom. The number of imide groups is 1. The maximum atomic E-state index is 13.2. The third kappa shape index (κ3) is 1.63. The summed E-state index contributed by atoms with van der Waals surface area (Å²) in [7, 11) is 0. The van der Waals surface area contributed by atoms with Gasteiger partial charge in [-0.15, -0.1) is 0 Å². The van der Waals surface area contributed by atoms with Crippen LogP contribution in [0, 0.1) is 11.6 Å². The van der Waals surface area contributed by atoms with Crippen LogP contribution in [0.4, 0.5) is 20.3 Å². The summed E-state index contributed by atoms with van der Waals surface area (Å²) in [5.74, 6) is -3.59. The molecular formula is C13H7F2N3O2. The molecule has 20 heavy (non-hydrogen) atoms. The molecule has 3 rings (SSSR count). The van der Waals surface area contributed by atoms with E-state index in [1.165, 1.54) is 18.3 Å². The highest BCUT2D eigenvalue weighted by molar-refractivity contribution is 6.34. The smallest absolute Gasteiger partial charge is 0.266 e. The highest BCUT2D eigenvalue weighted by Crippen LogP contribution is 2.29. The van der Waals surface area contributed by atoms with E-state index in [4.69, 9.17) is 5.73 Å². The summed E-state index contributed by atoms with van der Waals surface area (Å²) in [6, 6.07) is 4.28. The van der Waals surface area contributed by atoms with Gasteiger partial charge in [-0.05, 0) is 24.3 Å². The molecule has 0 unspecified atom stereocenters. The fraction of sp³-hybridized carbons (Fsp3) is 0. The normalized spacial score (nSPS) is 13.8. The van der Waals surface area contributed by atoms with E-state index in [2.05, 4.69) is 4.98 Å². The minimum atomic E-state index is -1.18. The predicted molar refractivity (Wildman–Crippen MR) is 66.1 cm³/mol. The van der Waals surface area contributed by atoms with E-state index in [-0.39, 0.29) is 22.6 Å². The molecule has 100 valence electrons.